The molecule has 0 bridgehead atoms. The lowest BCUT2D eigenvalue weighted by Crippen LogP contribution is -2.20. The zero-order chi connectivity index (χ0) is 11.8. The second-order valence-corrected chi connectivity index (χ2v) is 5.79. The van der Waals surface area contributed by atoms with Crippen LogP contribution in [0.5, 0.6) is 0 Å². The minimum atomic E-state index is 0.456. The summed E-state index contributed by atoms with van der Waals surface area (Å²) in [6.07, 6.45) is 3.57. The van der Waals surface area contributed by atoms with Crippen molar-refractivity contribution in [1.82, 2.24) is 15.3 Å². The van der Waals surface area contributed by atoms with Crippen LogP contribution in [0, 0.1) is 16.7 Å². The van der Waals surface area contributed by atoms with E-state index in [9.17, 15) is 0 Å². The first-order chi connectivity index (χ1) is 7.46. The molecule has 0 radical (unpaired) electrons. The van der Waals surface area contributed by atoms with Gasteiger partial charge in [-0.1, -0.05) is 27.7 Å². The van der Waals surface area contributed by atoms with Crippen molar-refractivity contribution in [3.05, 3.63) is 24.3 Å². The molecule has 1 fully saturated rings. The van der Waals surface area contributed by atoms with E-state index in [0.717, 1.165) is 24.8 Å². The molecule has 2 rings (SSSR count). The van der Waals surface area contributed by atoms with Gasteiger partial charge in [-0.2, -0.15) is 0 Å². The molecule has 3 nitrogen and oxygen atoms in total. The molecule has 1 aromatic rings. The van der Waals surface area contributed by atoms with Gasteiger partial charge in [-0.25, -0.2) is 9.97 Å². The van der Waals surface area contributed by atoms with Crippen molar-refractivity contribution in [3.8, 4) is 0 Å². The van der Waals surface area contributed by atoms with Crippen molar-refractivity contribution >= 4 is 0 Å². The van der Waals surface area contributed by atoms with Crippen LogP contribution >= 0.6 is 0 Å². The number of rotatable bonds is 4. The Balaban J connectivity index is 1.79. The largest absolute Gasteiger partial charge is 0.310 e. The average Bonchev–Trinajstić information content (AvgIpc) is 2.62. The summed E-state index contributed by atoms with van der Waals surface area (Å²) in [5.41, 5.74) is 0.912. The topological polar surface area (TPSA) is 37.8 Å². The maximum Gasteiger partial charge on any atom is 0.141 e. The monoisotopic (exact) mass is 219 g/mol. The van der Waals surface area contributed by atoms with Gasteiger partial charge in [-0.15, -0.1) is 0 Å². The van der Waals surface area contributed by atoms with Gasteiger partial charge in [-0.05, 0) is 29.4 Å². The lowest BCUT2D eigenvalue weighted by Gasteiger charge is -2.04. The number of aromatic nitrogens is 2. The summed E-state index contributed by atoms with van der Waals surface area (Å²) in [4.78, 5) is 8.39. The quantitative estimate of drug-likeness (QED) is 0.844. The van der Waals surface area contributed by atoms with Crippen LogP contribution in [-0.4, -0.2) is 16.5 Å². The van der Waals surface area contributed by atoms with Crippen LogP contribution in [0.15, 0.2) is 18.5 Å². The van der Waals surface area contributed by atoms with E-state index in [4.69, 9.17) is 0 Å². The number of hydrogen-bond donors (Lipinski definition) is 1. The van der Waals surface area contributed by atoms with Crippen molar-refractivity contribution in [2.45, 2.75) is 34.2 Å². The molecular weight excluding hydrogens is 198 g/mol. The molecule has 1 saturated carbocycles. The van der Waals surface area contributed by atoms with Crippen LogP contribution in [0.3, 0.4) is 0 Å². The lowest BCUT2D eigenvalue weighted by molar-refractivity contribution is 0.457. The van der Waals surface area contributed by atoms with Crippen LogP contribution < -0.4 is 5.32 Å². The van der Waals surface area contributed by atoms with Crippen molar-refractivity contribution in [1.29, 1.82) is 0 Å². The lowest BCUT2D eigenvalue weighted by atomic mass is 10.0. The van der Waals surface area contributed by atoms with Crippen LogP contribution in [0.4, 0.5) is 0 Å². The van der Waals surface area contributed by atoms with E-state index in [1.807, 2.05) is 6.07 Å². The summed E-state index contributed by atoms with van der Waals surface area (Å²) in [5.74, 6) is 1.63. The number of nitrogens with one attached hydrogen (secondary N) is 1. The fourth-order valence-corrected chi connectivity index (χ4v) is 2.59. The van der Waals surface area contributed by atoms with Gasteiger partial charge in [0.25, 0.3) is 0 Å². The van der Waals surface area contributed by atoms with Gasteiger partial charge >= 0.3 is 0 Å². The minimum Gasteiger partial charge on any atom is -0.310 e. The summed E-state index contributed by atoms with van der Waals surface area (Å²) in [7, 11) is 0. The summed E-state index contributed by atoms with van der Waals surface area (Å²) in [6, 6.07) is 1.84. The highest BCUT2D eigenvalue weighted by atomic mass is 15.0. The fraction of sp³-hybridized carbons (Fsp3) is 0.692. The van der Waals surface area contributed by atoms with Gasteiger partial charge in [0.1, 0.15) is 5.82 Å². The van der Waals surface area contributed by atoms with Crippen LogP contribution in [-0.2, 0) is 6.54 Å². The van der Waals surface area contributed by atoms with Gasteiger partial charge in [-0.3, -0.25) is 0 Å². The molecule has 1 aliphatic carbocycles. The zero-order valence-corrected chi connectivity index (χ0v) is 10.6. The summed E-state index contributed by atoms with van der Waals surface area (Å²) in [5, 5.41) is 3.45. The first-order valence-electron chi connectivity index (χ1n) is 5.93. The molecule has 1 N–H and O–H groups in total. The van der Waals surface area contributed by atoms with E-state index < -0.39 is 0 Å². The fourth-order valence-electron chi connectivity index (χ4n) is 2.59. The second kappa shape index (κ2) is 3.81. The molecule has 0 atom stereocenters. The van der Waals surface area contributed by atoms with Crippen LogP contribution in [0.25, 0.3) is 0 Å². The molecule has 0 unspecified atom stereocenters. The molecule has 1 aliphatic rings. The highest BCUT2D eigenvalue weighted by Crippen LogP contribution is 2.67. The van der Waals surface area contributed by atoms with Gasteiger partial charge in [0.15, 0.2) is 0 Å². The van der Waals surface area contributed by atoms with E-state index in [1.165, 1.54) is 0 Å². The first kappa shape index (κ1) is 11.5. The van der Waals surface area contributed by atoms with Crippen LogP contribution in [0.1, 0.15) is 33.5 Å². The minimum absolute atomic E-state index is 0.456. The maximum absolute atomic E-state index is 4.20. The van der Waals surface area contributed by atoms with Crippen molar-refractivity contribution in [3.63, 3.8) is 0 Å². The van der Waals surface area contributed by atoms with E-state index in [2.05, 4.69) is 43.0 Å². The summed E-state index contributed by atoms with van der Waals surface area (Å²) in [6.45, 7) is 11.2. The van der Waals surface area contributed by atoms with Gasteiger partial charge < -0.3 is 5.32 Å². The standard InChI is InChI=1S/C13H21N3/c1-12(2)10(13(12,3)4)8-14-9-11-15-6-5-7-16-11/h5-7,10,14H,8-9H2,1-4H3. The molecule has 0 aliphatic heterocycles. The third-order valence-corrected chi connectivity index (χ3v) is 4.57. The first-order valence-corrected chi connectivity index (χ1v) is 5.93. The highest BCUT2D eigenvalue weighted by Gasteiger charge is 2.63. The third kappa shape index (κ3) is 1.84. The predicted molar refractivity (Wildman–Crippen MR) is 64.8 cm³/mol. The van der Waals surface area contributed by atoms with Crippen molar-refractivity contribution in [2.24, 2.45) is 16.7 Å². The summed E-state index contributed by atoms with van der Waals surface area (Å²) >= 11 is 0. The number of nitrogens with zero attached hydrogens (tertiary/aromatic N) is 2. The molecule has 0 amide bonds. The average molecular weight is 219 g/mol. The van der Waals surface area contributed by atoms with Gasteiger partial charge in [0, 0.05) is 12.4 Å². The molecule has 1 aromatic heterocycles. The summed E-state index contributed by atoms with van der Waals surface area (Å²) < 4.78 is 0. The Morgan fingerprint density at radius 1 is 1.12 bits per heavy atom. The Morgan fingerprint density at radius 3 is 2.19 bits per heavy atom. The van der Waals surface area contributed by atoms with E-state index in [-0.39, 0.29) is 0 Å². The molecule has 0 saturated heterocycles. The van der Waals surface area contributed by atoms with E-state index >= 15 is 0 Å². The molecule has 0 aromatic carbocycles. The van der Waals surface area contributed by atoms with E-state index in [0.29, 0.717) is 10.8 Å². The zero-order valence-electron chi connectivity index (χ0n) is 10.6. The Kier molecular flexibility index (Phi) is 2.74. The van der Waals surface area contributed by atoms with Gasteiger partial charge in [0.05, 0.1) is 6.54 Å². The molecular formula is C13H21N3. The number of hydrogen-bond acceptors (Lipinski definition) is 3. The molecule has 3 heteroatoms. The molecule has 16 heavy (non-hydrogen) atoms. The Hall–Kier alpha value is -0.960. The smallest absolute Gasteiger partial charge is 0.141 e. The van der Waals surface area contributed by atoms with Crippen LogP contribution in [0.2, 0.25) is 0 Å². The highest BCUT2D eigenvalue weighted by molar-refractivity contribution is 5.12. The van der Waals surface area contributed by atoms with E-state index in [1.54, 1.807) is 12.4 Å². The van der Waals surface area contributed by atoms with Crippen molar-refractivity contribution in [2.75, 3.05) is 6.54 Å². The van der Waals surface area contributed by atoms with Crippen molar-refractivity contribution < 1.29 is 0 Å². The maximum atomic E-state index is 4.20. The Labute approximate surface area is 97.7 Å². The Bertz CT molecular complexity index is 343. The SMILES string of the molecule is CC1(C)C(CNCc2ncccn2)C1(C)C. The molecule has 0 spiro atoms. The normalized spacial score (nSPS) is 22.0. The third-order valence-electron chi connectivity index (χ3n) is 4.57. The second-order valence-electron chi connectivity index (χ2n) is 5.79. The van der Waals surface area contributed by atoms with Gasteiger partial charge in [0.2, 0.25) is 0 Å². The predicted octanol–water partition coefficient (Wildman–Crippen LogP) is 2.25. The Morgan fingerprint density at radius 2 is 1.69 bits per heavy atom. The molecule has 1 heterocycles. The molecule has 88 valence electrons.